The van der Waals surface area contributed by atoms with E-state index in [1.54, 1.807) is 6.07 Å². The van der Waals surface area contributed by atoms with Crippen LogP contribution in [0.3, 0.4) is 0 Å². The third-order valence-corrected chi connectivity index (χ3v) is 8.80. The molecule has 2 amide bonds. The molecule has 1 aliphatic heterocycles. The number of benzene rings is 2. The number of fused-ring (bicyclic) bond motifs is 1. The summed E-state index contributed by atoms with van der Waals surface area (Å²) in [7, 11) is 0. The normalized spacial score (nSPS) is 25.8. The monoisotopic (exact) mass is 509 g/mol. The number of anilines is 1. The van der Waals surface area contributed by atoms with Crippen LogP contribution in [0.1, 0.15) is 43.2 Å². The Morgan fingerprint density at radius 2 is 2.03 bits per heavy atom. The van der Waals surface area contributed by atoms with Gasteiger partial charge < -0.3 is 15.5 Å². The summed E-state index contributed by atoms with van der Waals surface area (Å²) in [6.07, 6.45) is 5.17. The molecule has 0 spiro atoms. The van der Waals surface area contributed by atoms with E-state index in [4.69, 9.17) is 11.6 Å². The van der Waals surface area contributed by atoms with Gasteiger partial charge in [0.25, 0.3) is 0 Å². The molecule has 2 N–H and O–H groups in total. The van der Waals surface area contributed by atoms with Gasteiger partial charge in [-0.2, -0.15) is 5.26 Å². The van der Waals surface area contributed by atoms with Crippen molar-refractivity contribution in [3.8, 4) is 6.07 Å². The zero-order valence-corrected chi connectivity index (χ0v) is 21.2. The fourth-order valence-electron chi connectivity index (χ4n) is 6.35. The molecule has 6 nitrogen and oxygen atoms in total. The number of urea groups is 1. The van der Waals surface area contributed by atoms with E-state index in [-0.39, 0.29) is 22.5 Å². The van der Waals surface area contributed by atoms with E-state index in [0.29, 0.717) is 23.7 Å². The molecular weight excluding hydrogens is 477 g/mol. The molecule has 3 atom stereocenters. The number of nitriles is 1. The third-order valence-electron chi connectivity index (χ3n) is 8.51. The van der Waals surface area contributed by atoms with Gasteiger partial charge in [-0.05, 0) is 79.3 Å². The summed E-state index contributed by atoms with van der Waals surface area (Å²) in [5, 5.41) is 15.7. The second-order valence-electron chi connectivity index (χ2n) is 10.4. The topological polar surface area (TPSA) is 71.4 Å². The number of piperazine rings is 1. The maximum atomic E-state index is 13.6. The summed E-state index contributed by atoms with van der Waals surface area (Å²) in [4.78, 5) is 17.9. The van der Waals surface area contributed by atoms with Crippen molar-refractivity contribution in [2.24, 2.45) is 5.92 Å². The molecule has 2 saturated carbocycles. The second kappa shape index (κ2) is 10.8. The van der Waals surface area contributed by atoms with Crippen molar-refractivity contribution in [1.82, 2.24) is 15.1 Å². The molecule has 2 aromatic rings. The average molecular weight is 510 g/mol. The van der Waals surface area contributed by atoms with E-state index in [0.717, 1.165) is 64.8 Å². The highest BCUT2D eigenvalue weighted by atomic mass is 35.5. The van der Waals surface area contributed by atoms with Gasteiger partial charge in [0, 0.05) is 51.0 Å². The summed E-state index contributed by atoms with van der Waals surface area (Å²) in [5.74, 6) is -0.000698. The summed E-state index contributed by atoms with van der Waals surface area (Å²) >= 11 is 5.95. The average Bonchev–Trinajstić information content (AvgIpc) is 2.88. The van der Waals surface area contributed by atoms with Gasteiger partial charge in [0.05, 0.1) is 16.7 Å². The lowest BCUT2D eigenvalue weighted by atomic mass is 9.50. The maximum absolute atomic E-state index is 13.6. The fourth-order valence-corrected chi connectivity index (χ4v) is 6.53. The van der Waals surface area contributed by atoms with E-state index in [1.807, 2.05) is 17.0 Å². The number of halogens is 2. The largest absolute Gasteiger partial charge is 0.322 e. The zero-order chi connectivity index (χ0) is 25.1. The summed E-state index contributed by atoms with van der Waals surface area (Å²) < 4.78 is 13.6. The molecule has 1 heterocycles. The maximum Gasteiger partial charge on any atom is 0.322 e. The van der Waals surface area contributed by atoms with E-state index in [2.05, 4.69) is 33.7 Å². The van der Waals surface area contributed by atoms with E-state index in [1.165, 1.54) is 17.7 Å². The van der Waals surface area contributed by atoms with Crippen LogP contribution in [0.15, 0.2) is 42.5 Å². The molecule has 3 fully saturated rings. The van der Waals surface area contributed by atoms with Crippen molar-refractivity contribution in [1.29, 1.82) is 5.26 Å². The van der Waals surface area contributed by atoms with Crippen molar-refractivity contribution in [2.75, 3.05) is 44.6 Å². The minimum Gasteiger partial charge on any atom is -0.320 e. The number of rotatable bonds is 6. The molecule has 5 rings (SSSR count). The smallest absolute Gasteiger partial charge is 0.320 e. The molecule has 8 heteroatoms. The van der Waals surface area contributed by atoms with E-state index < -0.39 is 5.82 Å². The van der Waals surface area contributed by atoms with E-state index in [9.17, 15) is 14.4 Å². The van der Waals surface area contributed by atoms with Crippen molar-refractivity contribution in [3.63, 3.8) is 0 Å². The first-order valence-corrected chi connectivity index (χ1v) is 13.3. The number of amides is 2. The van der Waals surface area contributed by atoms with E-state index >= 15 is 0 Å². The molecule has 0 bridgehead atoms. The van der Waals surface area contributed by atoms with Crippen LogP contribution in [0.5, 0.6) is 0 Å². The first-order valence-electron chi connectivity index (χ1n) is 12.9. The molecule has 1 saturated heterocycles. The second-order valence-corrected chi connectivity index (χ2v) is 10.8. The van der Waals surface area contributed by atoms with Crippen LogP contribution < -0.4 is 10.6 Å². The minimum absolute atomic E-state index is 0.00307. The Kier molecular flexibility index (Phi) is 7.47. The Bertz CT molecular complexity index is 1150. The summed E-state index contributed by atoms with van der Waals surface area (Å²) in [5.41, 5.74) is 2.61. The van der Waals surface area contributed by atoms with Gasteiger partial charge >= 0.3 is 6.03 Å². The molecule has 190 valence electrons. The molecule has 3 aliphatic rings. The van der Waals surface area contributed by atoms with Crippen LogP contribution in [-0.2, 0) is 5.41 Å². The fraction of sp³-hybridized carbons (Fsp3) is 0.500. The SMILES string of the molecule is N#Cc1cccc([C@@]23CC[C@H](N(CCN4CCNCC4)C(=O)Nc4ccc(F)c(Cl)c4)C[C@@H]2CC3)c1. The van der Waals surface area contributed by atoms with Gasteiger partial charge in [-0.15, -0.1) is 0 Å². The molecular formula is C28H33ClFN5O. The number of nitrogens with one attached hydrogen (secondary N) is 2. The van der Waals surface area contributed by atoms with Crippen LogP contribution in [0, 0.1) is 23.1 Å². The Balaban J connectivity index is 1.32. The summed E-state index contributed by atoms with van der Waals surface area (Å²) in [6.45, 7) is 5.38. The van der Waals surface area contributed by atoms with Crippen LogP contribution in [0.4, 0.5) is 14.9 Å². The Morgan fingerprint density at radius 3 is 2.72 bits per heavy atom. The lowest BCUT2D eigenvalue weighted by Gasteiger charge is -2.56. The zero-order valence-electron chi connectivity index (χ0n) is 20.5. The van der Waals surface area contributed by atoms with Crippen LogP contribution in [0.2, 0.25) is 5.02 Å². The van der Waals surface area contributed by atoms with Crippen molar-refractivity contribution in [2.45, 2.75) is 43.6 Å². The highest BCUT2D eigenvalue weighted by Crippen LogP contribution is 2.57. The molecule has 0 unspecified atom stereocenters. The highest BCUT2D eigenvalue weighted by molar-refractivity contribution is 6.31. The first-order chi connectivity index (χ1) is 17.5. The quantitative estimate of drug-likeness (QED) is 0.575. The predicted molar refractivity (Wildman–Crippen MR) is 140 cm³/mol. The van der Waals surface area contributed by atoms with Crippen molar-refractivity contribution >= 4 is 23.3 Å². The predicted octanol–water partition coefficient (Wildman–Crippen LogP) is 4.99. The van der Waals surface area contributed by atoms with Crippen LogP contribution in [-0.4, -0.2) is 61.1 Å². The number of carbonyl (C=O) groups is 1. The number of hydrogen-bond donors (Lipinski definition) is 2. The molecule has 36 heavy (non-hydrogen) atoms. The summed E-state index contributed by atoms with van der Waals surface area (Å²) in [6, 6.07) is 14.6. The van der Waals surface area contributed by atoms with Gasteiger partial charge in [0.1, 0.15) is 5.82 Å². The minimum atomic E-state index is -0.501. The van der Waals surface area contributed by atoms with Crippen molar-refractivity contribution in [3.05, 3.63) is 64.4 Å². The Morgan fingerprint density at radius 1 is 1.22 bits per heavy atom. The van der Waals surface area contributed by atoms with Crippen molar-refractivity contribution < 1.29 is 9.18 Å². The number of nitrogens with zero attached hydrogens (tertiary/aromatic N) is 3. The molecule has 0 aromatic heterocycles. The highest BCUT2D eigenvalue weighted by Gasteiger charge is 2.52. The standard InChI is InChI=1S/C28H33ClFN5O/c29-25-18-23(4-5-26(25)30)33-27(36)35(15-14-34-12-10-32-11-13-34)24-7-9-28(8-6-22(28)17-24)21-3-1-2-20(16-21)19-31/h1-5,16,18,22,24,32H,6-15,17H2,(H,33,36)/t22-,24-,28+/m0/s1. The first kappa shape index (κ1) is 25.0. The van der Waals surface area contributed by atoms with Gasteiger partial charge in [0.2, 0.25) is 0 Å². The molecule has 2 aromatic carbocycles. The Hall–Kier alpha value is -2.66. The third kappa shape index (κ3) is 5.08. The lowest BCUT2D eigenvalue weighted by molar-refractivity contribution is 0.0209. The van der Waals surface area contributed by atoms with Gasteiger partial charge in [-0.1, -0.05) is 23.7 Å². The molecule has 0 radical (unpaired) electrons. The van der Waals surface area contributed by atoms with Crippen LogP contribution in [0.25, 0.3) is 0 Å². The lowest BCUT2D eigenvalue weighted by Crippen LogP contribution is -2.56. The number of hydrogen-bond acceptors (Lipinski definition) is 4. The van der Waals surface area contributed by atoms with Gasteiger partial charge in [-0.3, -0.25) is 4.90 Å². The van der Waals surface area contributed by atoms with Gasteiger partial charge in [0.15, 0.2) is 0 Å². The van der Waals surface area contributed by atoms with Crippen LogP contribution >= 0.6 is 11.6 Å². The molecule has 2 aliphatic carbocycles. The Labute approximate surface area is 217 Å². The van der Waals surface area contributed by atoms with Gasteiger partial charge in [-0.25, -0.2) is 9.18 Å². The number of carbonyl (C=O) groups excluding carboxylic acids is 1.